The standard InChI is InChI=1S/C26H34N2O3/c1-3-23(26(30)27-22-14-8-9-15-22)28(18-17-21-12-5-4-6-13-21)25(29)19-31-24-16-10-7-11-20(24)2/h4-7,10-13,16,22-23H,3,8-9,14-15,17-19H2,1-2H3,(H,27,30)/t23-/m0/s1. The molecular weight excluding hydrogens is 388 g/mol. The predicted molar refractivity (Wildman–Crippen MR) is 123 cm³/mol. The van der Waals surface area contributed by atoms with E-state index >= 15 is 0 Å². The summed E-state index contributed by atoms with van der Waals surface area (Å²) in [4.78, 5) is 28.0. The molecule has 0 heterocycles. The Bertz CT molecular complexity index is 847. The minimum absolute atomic E-state index is 0.0493. The minimum atomic E-state index is -0.489. The molecule has 2 aromatic carbocycles. The topological polar surface area (TPSA) is 58.6 Å². The highest BCUT2D eigenvalue weighted by molar-refractivity contribution is 5.88. The highest BCUT2D eigenvalue weighted by atomic mass is 16.5. The number of carbonyl (C=O) groups is 2. The monoisotopic (exact) mass is 422 g/mol. The van der Waals surface area contributed by atoms with E-state index in [1.54, 1.807) is 4.90 Å². The van der Waals surface area contributed by atoms with E-state index in [0.29, 0.717) is 25.1 Å². The van der Waals surface area contributed by atoms with E-state index in [2.05, 4.69) is 5.32 Å². The van der Waals surface area contributed by atoms with Crippen LogP contribution < -0.4 is 10.1 Å². The van der Waals surface area contributed by atoms with Crippen molar-refractivity contribution in [2.24, 2.45) is 0 Å². The van der Waals surface area contributed by atoms with Crippen molar-refractivity contribution >= 4 is 11.8 Å². The number of aryl methyl sites for hydroxylation is 1. The maximum absolute atomic E-state index is 13.2. The summed E-state index contributed by atoms with van der Waals surface area (Å²) in [6.07, 6.45) is 5.63. The lowest BCUT2D eigenvalue weighted by Gasteiger charge is -2.31. The predicted octanol–water partition coefficient (Wildman–Crippen LogP) is 4.28. The molecule has 3 rings (SSSR count). The molecule has 1 fully saturated rings. The molecule has 1 aliphatic rings. The molecule has 1 atom stereocenters. The number of amides is 2. The minimum Gasteiger partial charge on any atom is -0.484 e. The Balaban J connectivity index is 1.70. The van der Waals surface area contributed by atoms with Gasteiger partial charge in [0, 0.05) is 12.6 Å². The van der Waals surface area contributed by atoms with Crippen LogP contribution in [0.25, 0.3) is 0 Å². The summed E-state index contributed by atoms with van der Waals surface area (Å²) in [6.45, 7) is 4.32. The molecule has 31 heavy (non-hydrogen) atoms. The van der Waals surface area contributed by atoms with Crippen LogP contribution in [0.2, 0.25) is 0 Å². The number of benzene rings is 2. The lowest BCUT2D eigenvalue weighted by molar-refractivity contribution is -0.142. The van der Waals surface area contributed by atoms with Gasteiger partial charge < -0.3 is 15.0 Å². The molecule has 0 radical (unpaired) electrons. The fraction of sp³-hybridized carbons (Fsp3) is 0.462. The van der Waals surface area contributed by atoms with Gasteiger partial charge in [0.2, 0.25) is 5.91 Å². The molecule has 1 N–H and O–H groups in total. The van der Waals surface area contributed by atoms with Crippen molar-refractivity contribution in [2.75, 3.05) is 13.2 Å². The van der Waals surface area contributed by atoms with Gasteiger partial charge in [-0.2, -0.15) is 0 Å². The van der Waals surface area contributed by atoms with Gasteiger partial charge in [-0.1, -0.05) is 68.3 Å². The van der Waals surface area contributed by atoms with E-state index in [-0.39, 0.29) is 24.5 Å². The number of ether oxygens (including phenoxy) is 1. The Morgan fingerprint density at radius 1 is 1.06 bits per heavy atom. The third kappa shape index (κ3) is 6.58. The number of hydrogen-bond acceptors (Lipinski definition) is 3. The Hall–Kier alpha value is -2.82. The largest absolute Gasteiger partial charge is 0.484 e. The molecule has 0 aliphatic heterocycles. The van der Waals surface area contributed by atoms with E-state index in [1.165, 1.54) is 0 Å². The highest BCUT2D eigenvalue weighted by Crippen LogP contribution is 2.19. The van der Waals surface area contributed by atoms with Crippen LogP contribution in [0.4, 0.5) is 0 Å². The van der Waals surface area contributed by atoms with Crippen LogP contribution in [0, 0.1) is 6.92 Å². The number of nitrogens with zero attached hydrogens (tertiary/aromatic N) is 1. The second kappa shape index (κ2) is 11.5. The quantitative estimate of drug-likeness (QED) is 0.622. The number of rotatable bonds is 10. The first kappa shape index (κ1) is 22.9. The van der Waals surface area contributed by atoms with Crippen molar-refractivity contribution in [1.82, 2.24) is 10.2 Å². The highest BCUT2D eigenvalue weighted by Gasteiger charge is 2.30. The molecule has 0 saturated heterocycles. The molecule has 2 amide bonds. The lowest BCUT2D eigenvalue weighted by Crippen LogP contribution is -2.53. The third-order valence-corrected chi connectivity index (χ3v) is 6.02. The van der Waals surface area contributed by atoms with Crippen LogP contribution in [0.1, 0.15) is 50.2 Å². The molecule has 166 valence electrons. The van der Waals surface area contributed by atoms with Gasteiger partial charge in [-0.3, -0.25) is 9.59 Å². The molecule has 0 bridgehead atoms. The van der Waals surface area contributed by atoms with E-state index in [4.69, 9.17) is 4.74 Å². The van der Waals surface area contributed by atoms with Gasteiger partial charge in [-0.05, 0) is 49.8 Å². The Labute approximate surface area is 185 Å². The number of nitrogens with one attached hydrogen (secondary N) is 1. The first-order chi connectivity index (χ1) is 15.1. The first-order valence-corrected chi connectivity index (χ1v) is 11.4. The normalized spacial score (nSPS) is 14.8. The van der Waals surface area contributed by atoms with Gasteiger partial charge in [-0.15, -0.1) is 0 Å². The lowest BCUT2D eigenvalue weighted by atomic mass is 10.1. The van der Waals surface area contributed by atoms with Crippen molar-refractivity contribution < 1.29 is 14.3 Å². The second-order valence-electron chi connectivity index (χ2n) is 8.29. The fourth-order valence-electron chi connectivity index (χ4n) is 4.20. The smallest absolute Gasteiger partial charge is 0.261 e. The van der Waals surface area contributed by atoms with Crippen LogP contribution in [0.15, 0.2) is 54.6 Å². The van der Waals surface area contributed by atoms with Gasteiger partial charge >= 0.3 is 0 Å². The number of hydrogen-bond donors (Lipinski definition) is 1. The molecule has 2 aromatic rings. The molecule has 5 heteroatoms. The molecular formula is C26H34N2O3. The molecule has 5 nitrogen and oxygen atoms in total. The second-order valence-corrected chi connectivity index (χ2v) is 8.29. The average Bonchev–Trinajstić information content (AvgIpc) is 3.29. The molecule has 0 unspecified atom stereocenters. The first-order valence-electron chi connectivity index (χ1n) is 11.4. The SMILES string of the molecule is CC[C@@H](C(=O)NC1CCCC1)N(CCc1ccccc1)C(=O)COc1ccccc1C. The molecule has 0 spiro atoms. The maximum atomic E-state index is 13.2. The van der Waals surface area contributed by atoms with Gasteiger partial charge in [0.25, 0.3) is 5.91 Å². The van der Waals surface area contributed by atoms with Crippen molar-refractivity contribution in [1.29, 1.82) is 0 Å². The zero-order chi connectivity index (χ0) is 22.1. The fourth-order valence-corrected chi connectivity index (χ4v) is 4.20. The molecule has 1 aliphatic carbocycles. The van der Waals surface area contributed by atoms with Gasteiger partial charge in [-0.25, -0.2) is 0 Å². The van der Waals surface area contributed by atoms with E-state index in [1.807, 2.05) is 68.4 Å². The summed E-state index contributed by atoms with van der Waals surface area (Å²) >= 11 is 0. The van der Waals surface area contributed by atoms with Crippen LogP contribution in [0.3, 0.4) is 0 Å². The van der Waals surface area contributed by atoms with Crippen LogP contribution in [-0.4, -0.2) is 41.9 Å². The molecule has 0 aromatic heterocycles. The van der Waals surface area contributed by atoms with Crippen LogP contribution in [0.5, 0.6) is 5.75 Å². The maximum Gasteiger partial charge on any atom is 0.261 e. The average molecular weight is 423 g/mol. The molecule has 1 saturated carbocycles. The zero-order valence-corrected chi connectivity index (χ0v) is 18.7. The van der Waals surface area contributed by atoms with Crippen LogP contribution in [-0.2, 0) is 16.0 Å². The van der Waals surface area contributed by atoms with E-state index in [0.717, 1.165) is 36.8 Å². The number of para-hydroxylation sites is 1. The van der Waals surface area contributed by atoms with Gasteiger partial charge in [0.15, 0.2) is 6.61 Å². The van der Waals surface area contributed by atoms with Crippen LogP contribution >= 0.6 is 0 Å². The summed E-state index contributed by atoms with van der Waals surface area (Å²) in [5.41, 5.74) is 2.13. The Kier molecular flexibility index (Phi) is 8.51. The van der Waals surface area contributed by atoms with Crippen molar-refractivity contribution in [3.8, 4) is 5.75 Å². The summed E-state index contributed by atoms with van der Waals surface area (Å²) in [5.74, 6) is 0.488. The Morgan fingerprint density at radius 3 is 2.42 bits per heavy atom. The van der Waals surface area contributed by atoms with Gasteiger partial charge in [0.05, 0.1) is 0 Å². The third-order valence-electron chi connectivity index (χ3n) is 6.02. The van der Waals surface area contributed by atoms with Crippen molar-refractivity contribution in [3.63, 3.8) is 0 Å². The van der Waals surface area contributed by atoms with Crippen molar-refractivity contribution in [3.05, 3.63) is 65.7 Å². The van der Waals surface area contributed by atoms with Gasteiger partial charge in [0.1, 0.15) is 11.8 Å². The van der Waals surface area contributed by atoms with E-state index in [9.17, 15) is 9.59 Å². The summed E-state index contributed by atoms with van der Waals surface area (Å²) in [6, 6.07) is 17.5. The van der Waals surface area contributed by atoms with Crippen molar-refractivity contribution in [2.45, 2.75) is 64.5 Å². The Morgan fingerprint density at radius 2 is 1.74 bits per heavy atom. The summed E-state index contributed by atoms with van der Waals surface area (Å²) < 4.78 is 5.82. The zero-order valence-electron chi connectivity index (χ0n) is 18.7. The number of carbonyl (C=O) groups excluding carboxylic acids is 2. The van der Waals surface area contributed by atoms with E-state index < -0.39 is 6.04 Å². The summed E-state index contributed by atoms with van der Waals surface area (Å²) in [5, 5.41) is 3.17. The summed E-state index contributed by atoms with van der Waals surface area (Å²) in [7, 11) is 0.